The van der Waals surface area contributed by atoms with E-state index in [1.165, 1.54) is 89.9 Å². The molecule has 0 aliphatic heterocycles. The number of amides is 1. The Kier molecular flexibility index (Phi) is 19.6. The van der Waals surface area contributed by atoms with Gasteiger partial charge >= 0.3 is 0 Å². The summed E-state index contributed by atoms with van der Waals surface area (Å²) >= 11 is 0. The van der Waals surface area contributed by atoms with Crippen molar-refractivity contribution in [2.45, 2.75) is 117 Å². The SMILES string of the molecule is CCCCCC/C=C\CCCCCCCCCCCC(=O)NCC. The van der Waals surface area contributed by atoms with E-state index in [1.54, 1.807) is 0 Å². The minimum Gasteiger partial charge on any atom is -0.356 e. The van der Waals surface area contributed by atoms with Crippen molar-refractivity contribution < 1.29 is 4.79 Å². The highest BCUT2D eigenvalue weighted by atomic mass is 16.1. The molecule has 0 bridgehead atoms. The molecule has 0 aliphatic carbocycles. The number of carbonyl (C=O) groups excluding carboxylic acids is 1. The second-order valence-electron chi connectivity index (χ2n) is 6.99. The van der Waals surface area contributed by atoms with Crippen LogP contribution in [-0.2, 0) is 4.79 Å². The Morgan fingerprint density at radius 3 is 1.62 bits per heavy atom. The van der Waals surface area contributed by atoms with Crippen molar-refractivity contribution in [3.05, 3.63) is 12.2 Å². The van der Waals surface area contributed by atoms with E-state index in [4.69, 9.17) is 0 Å². The zero-order valence-electron chi connectivity index (χ0n) is 16.6. The molecular weight excluding hydrogens is 294 g/mol. The number of nitrogens with one attached hydrogen (secondary N) is 1. The van der Waals surface area contributed by atoms with E-state index in [2.05, 4.69) is 24.4 Å². The van der Waals surface area contributed by atoms with Crippen LogP contribution in [0.3, 0.4) is 0 Å². The second kappa shape index (κ2) is 20.3. The van der Waals surface area contributed by atoms with Gasteiger partial charge in [0.1, 0.15) is 0 Å². The molecule has 0 aliphatic rings. The minimum absolute atomic E-state index is 0.215. The van der Waals surface area contributed by atoms with Crippen LogP contribution < -0.4 is 5.32 Å². The third-order valence-corrected chi connectivity index (χ3v) is 4.54. The average Bonchev–Trinajstić information content (AvgIpc) is 2.58. The van der Waals surface area contributed by atoms with Gasteiger partial charge in [0.05, 0.1) is 0 Å². The summed E-state index contributed by atoms with van der Waals surface area (Å²) in [7, 11) is 0. The first kappa shape index (κ1) is 23.2. The molecule has 0 aromatic heterocycles. The van der Waals surface area contributed by atoms with Crippen LogP contribution in [0.15, 0.2) is 12.2 Å². The molecule has 0 aromatic carbocycles. The lowest BCUT2D eigenvalue weighted by Gasteiger charge is -2.03. The molecule has 0 atom stereocenters. The van der Waals surface area contributed by atoms with E-state index in [-0.39, 0.29) is 5.91 Å². The van der Waals surface area contributed by atoms with Crippen molar-refractivity contribution in [3.63, 3.8) is 0 Å². The first-order valence-corrected chi connectivity index (χ1v) is 10.7. The maximum atomic E-state index is 11.3. The van der Waals surface area contributed by atoms with Crippen LogP contribution in [0.2, 0.25) is 0 Å². The van der Waals surface area contributed by atoms with E-state index < -0.39 is 0 Å². The van der Waals surface area contributed by atoms with Crippen LogP contribution >= 0.6 is 0 Å². The van der Waals surface area contributed by atoms with Gasteiger partial charge in [-0.3, -0.25) is 4.79 Å². The van der Waals surface area contributed by atoms with Crippen LogP contribution in [0, 0.1) is 0 Å². The highest BCUT2D eigenvalue weighted by Gasteiger charge is 1.98. The highest BCUT2D eigenvalue weighted by Crippen LogP contribution is 2.12. The molecule has 0 aromatic rings. The molecule has 0 unspecified atom stereocenters. The van der Waals surface area contributed by atoms with Gasteiger partial charge in [-0.25, -0.2) is 0 Å². The van der Waals surface area contributed by atoms with Gasteiger partial charge in [0.25, 0.3) is 0 Å². The van der Waals surface area contributed by atoms with Gasteiger partial charge in [0, 0.05) is 13.0 Å². The van der Waals surface area contributed by atoms with Gasteiger partial charge in [-0.2, -0.15) is 0 Å². The van der Waals surface area contributed by atoms with Crippen molar-refractivity contribution in [2.24, 2.45) is 0 Å². The van der Waals surface area contributed by atoms with Crippen molar-refractivity contribution in [1.82, 2.24) is 5.32 Å². The maximum absolute atomic E-state index is 11.3. The lowest BCUT2D eigenvalue weighted by Crippen LogP contribution is -2.21. The van der Waals surface area contributed by atoms with E-state index >= 15 is 0 Å². The average molecular weight is 338 g/mol. The lowest BCUT2D eigenvalue weighted by molar-refractivity contribution is -0.121. The Hall–Kier alpha value is -0.790. The molecule has 1 amide bonds. The van der Waals surface area contributed by atoms with Gasteiger partial charge in [0.15, 0.2) is 0 Å². The van der Waals surface area contributed by atoms with E-state index in [0.29, 0.717) is 6.42 Å². The fraction of sp³-hybridized carbons (Fsp3) is 0.864. The molecule has 0 fully saturated rings. The quantitative estimate of drug-likeness (QED) is 0.213. The Morgan fingerprint density at radius 2 is 1.12 bits per heavy atom. The van der Waals surface area contributed by atoms with Gasteiger partial charge in [-0.1, -0.05) is 83.3 Å². The number of unbranched alkanes of at least 4 members (excludes halogenated alkanes) is 13. The first-order chi connectivity index (χ1) is 11.8. The van der Waals surface area contributed by atoms with Gasteiger partial charge in [-0.05, 0) is 39.0 Å². The molecule has 0 radical (unpaired) electrons. The summed E-state index contributed by atoms with van der Waals surface area (Å²) in [5.41, 5.74) is 0. The third kappa shape index (κ3) is 19.3. The number of hydrogen-bond acceptors (Lipinski definition) is 1. The molecular formula is C22H43NO. The zero-order chi connectivity index (χ0) is 17.7. The summed E-state index contributed by atoms with van der Waals surface area (Å²) in [5.74, 6) is 0.215. The summed E-state index contributed by atoms with van der Waals surface area (Å²) in [6.45, 7) is 5.00. The number of hydrogen-bond donors (Lipinski definition) is 1. The summed E-state index contributed by atoms with van der Waals surface area (Å²) in [6.07, 6.45) is 25.3. The van der Waals surface area contributed by atoms with Crippen LogP contribution in [0.25, 0.3) is 0 Å². The minimum atomic E-state index is 0.215. The molecule has 24 heavy (non-hydrogen) atoms. The zero-order valence-corrected chi connectivity index (χ0v) is 16.6. The summed E-state index contributed by atoms with van der Waals surface area (Å²) < 4.78 is 0. The van der Waals surface area contributed by atoms with Gasteiger partial charge in [0.2, 0.25) is 5.91 Å². The molecule has 0 rings (SSSR count). The molecule has 2 heteroatoms. The van der Waals surface area contributed by atoms with Crippen LogP contribution in [0.5, 0.6) is 0 Å². The Balaban J connectivity index is 3.10. The van der Waals surface area contributed by atoms with Crippen molar-refractivity contribution in [1.29, 1.82) is 0 Å². The summed E-state index contributed by atoms with van der Waals surface area (Å²) in [5, 5.41) is 2.86. The largest absolute Gasteiger partial charge is 0.356 e. The predicted octanol–water partition coefficient (Wildman–Crippen LogP) is 6.94. The molecule has 1 N–H and O–H groups in total. The molecule has 0 saturated carbocycles. The van der Waals surface area contributed by atoms with Gasteiger partial charge in [-0.15, -0.1) is 0 Å². The van der Waals surface area contributed by atoms with E-state index in [0.717, 1.165) is 13.0 Å². The predicted molar refractivity (Wildman–Crippen MR) is 107 cm³/mol. The van der Waals surface area contributed by atoms with Crippen LogP contribution in [0.4, 0.5) is 0 Å². The van der Waals surface area contributed by atoms with Crippen LogP contribution in [0.1, 0.15) is 117 Å². The number of carbonyl (C=O) groups is 1. The Bertz CT molecular complexity index is 286. The Labute approximate surface area is 151 Å². The normalized spacial score (nSPS) is 11.2. The molecule has 0 saturated heterocycles. The van der Waals surface area contributed by atoms with E-state index in [9.17, 15) is 4.79 Å². The number of allylic oxidation sites excluding steroid dienone is 2. The van der Waals surface area contributed by atoms with Gasteiger partial charge < -0.3 is 5.32 Å². The summed E-state index contributed by atoms with van der Waals surface area (Å²) in [4.78, 5) is 11.3. The molecule has 0 heterocycles. The monoisotopic (exact) mass is 337 g/mol. The third-order valence-electron chi connectivity index (χ3n) is 4.54. The topological polar surface area (TPSA) is 29.1 Å². The maximum Gasteiger partial charge on any atom is 0.219 e. The molecule has 2 nitrogen and oxygen atoms in total. The fourth-order valence-electron chi connectivity index (χ4n) is 3.00. The fourth-order valence-corrected chi connectivity index (χ4v) is 3.00. The number of rotatable bonds is 18. The Morgan fingerprint density at radius 1 is 0.667 bits per heavy atom. The summed E-state index contributed by atoms with van der Waals surface area (Å²) in [6, 6.07) is 0. The van der Waals surface area contributed by atoms with E-state index in [1.807, 2.05) is 6.92 Å². The first-order valence-electron chi connectivity index (χ1n) is 10.7. The van der Waals surface area contributed by atoms with Crippen molar-refractivity contribution in [3.8, 4) is 0 Å². The molecule has 142 valence electrons. The highest BCUT2D eigenvalue weighted by molar-refractivity contribution is 5.75. The van der Waals surface area contributed by atoms with Crippen molar-refractivity contribution in [2.75, 3.05) is 6.54 Å². The lowest BCUT2D eigenvalue weighted by atomic mass is 10.1. The standard InChI is InChI=1S/C22H43NO/c1-3-5-6-7-8-9-10-11-12-13-14-15-16-17-18-19-20-21-22(24)23-4-2/h9-10H,3-8,11-21H2,1-2H3,(H,23,24)/b10-9-. The van der Waals surface area contributed by atoms with Crippen LogP contribution in [-0.4, -0.2) is 12.5 Å². The molecule has 0 spiro atoms. The smallest absolute Gasteiger partial charge is 0.219 e. The second-order valence-corrected chi connectivity index (χ2v) is 6.99. The van der Waals surface area contributed by atoms with Crippen molar-refractivity contribution >= 4 is 5.91 Å².